The second kappa shape index (κ2) is 7.72. The number of carbonyl (C=O) groups is 2. The molecule has 0 saturated carbocycles. The van der Waals surface area contributed by atoms with Crippen LogP contribution in [0.4, 0.5) is 6.01 Å². The Labute approximate surface area is 187 Å². The zero-order valence-corrected chi connectivity index (χ0v) is 18.5. The fraction of sp³-hybridized carbons (Fsp3) is 0.529. The number of anilines is 1. The van der Waals surface area contributed by atoms with Crippen molar-refractivity contribution in [1.29, 1.82) is 5.26 Å². The van der Waals surface area contributed by atoms with Crippen LogP contribution in [0.5, 0.6) is 0 Å². The topological polar surface area (TPSA) is 134 Å². The largest absolute Gasteiger partial charge is 1.00 e. The maximum absolute atomic E-state index is 12.3. The molecule has 28 heavy (non-hydrogen) atoms. The molecule has 0 unspecified atom stereocenters. The van der Waals surface area contributed by atoms with Crippen LogP contribution in [0.15, 0.2) is 21.3 Å². The Balaban J connectivity index is 0.00000225. The molecular formula is C17H17N4NaO5S. The summed E-state index contributed by atoms with van der Waals surface area (Å²) in [5.74, 6) is -2.49. The number of aromatic nitrogens is 1. The molecular weight excluding hydrogens is 395 g/mol. The number of nitrogens with zero attached hydrogens (tertiary/aromatic N) is 4. The molecule has 9 nitrogen and oxygen atoms in total. The molecule has 1 N–H and O–H groups in total. The van der Waals surface area contributed by atoms with Crippen LogP contribution >= 0.6 is 11.8 Å². The summed E-state index contributed by atoms with van der Waals surface area (Å²) in [7, 11) is 0. The van der Waals surface area contributed by atoms with E-state index in [0.717, 1.165) is 0 Å². The number of aliphatic hydroxyl groups is 1. The summed E-state index contributed by atoms with van der Waals surface area (Å²) in [4.78, 5) is 31.8. The van der Waals surface area contributed by atoms with Gasteiger partial charge in [-0.25, -0.2) is 0 Å². The molecule has 0 bridgehead atoms. The minimum absolute atomic E-state index is 0. The molecule has 11 heteroatoms. The number of carboxylic acids is 1. The number of hydrogen-bond acceptors (Lipinski definition) is 9. The third kappa shape index (κ3) is 3.15. The number of aliphatic carboxylic acids is 1. The first-order chi connectivity index (χ1) is 12.8. The quantitative estimate of drug-likeness (QED) is 0.383. The monoisotopic (exact) mass is 412 g/mol. The summed E-state index contributed by atoms with van der Waals surface area (Å²) >= 11 is 1.42. The van der Waals surface area contributed by atoms with E-state index in [2.05, 4.69) is 4.98 Å². The van der Waals surface area contributed by atoms with Crippen LogP contribution in [0, 0.1) is 23.2 Å². The van der Waals surface area contributed by atoms with Crippen molar-refractivity contribution in [2.75, 3.05) is 18.0 Å². The van der Waals surface area contributed by atoms with Gasteiger partial charge in [-0.05, 0) is 6.92 Å². The Bertz CT molecular complexity index is 888. The van der Waals surface area contributed by atoms with E-state index in [4.69, 9.17) is 9.68 Å². The van der Waals surface area contributed by atoms with E-state index in [-0.39, 0.29) is 64.1 Å². The normalized spacial score (nSPS) is 27.5. The standard InChI is InChI=1S/C17H18N4O5S.Na/c1-7-12-11(8(2)22)15(23)21(12)13(16(24)25)14(7)27-10-4-20(5-10)17-19-9(3-18)6-26-17;/h6-8,10-12,22H,4-5H2,1-2H3,(H,24,25);/q;+1/p-1/t7-,8-,11-,12-;/m1./s1. The molecule has 2 fully saturated rings. The number of hydrogen-bond donors (Lipinski definition) is 1. The molecule has 1 aromatic rings. The average molecular weight is 412 g/mol. The zero-order chi connectivity index (χ0) is 19.5. The van der Waals surface area contributed by atoms with Gasteiger partial charge in [-0.15, -0.1) is 11.8 Å². The fourth-order valence-corrected chi connectivity index (χ4v) is 5.49. The van der Waals surface area contributed by atoms with Crippen molar-refractivity contribution in [2.24, 2.45) is 11.8 Å². The van der Waals surface area contributed by atoms with E-state index in [1.807, 2.05) is 17.9 Å². The number of nitriles is 1. The Kier molecular flexibility index (Phi) is 5.85. The predicted molar refractivity (Wildman–Crippen MR) is 91.8 cm³/mol. The number of aliphatic hydroxyl groups excluding tert-OH is 1. The number of thioether (sulfide) groups is 1. The first kappa shape index (κ1) is 21.2. The van der Waals surface area contributed by atoms with Crippen molar-refractivity contribution in [3.8, 4) is 6.07 Å². The van der Waals surface area contributed by atoms with Crippen molar-refractivity contribution >= 4 is 29.7 Å². The summed E-state index contributed by atoms with van der Waals surface area (Å²) in [6, 6.07) is 1.93. The average Bonchev–Trinajstić information content (AvgIpc) is 3.12. The minimum Gasteiger partial charge on any atom is -0.543 e. The van der Waals surface area contributed by atoms with Crippen LogP contribution in [-0.2, 0) is 9.59 Å². The summed E-state index contributed by atoms with van der Waals surface area (Å²) in [5.41, 5.74) is 0.139. The number of carboxylic acid groups (broad SMARTS) is 1. The third-order valence-corrected chi connectivity index (χ3v) is 6.77. The third-order valence-electron chi connectivity index (χ3n) is 5.32. The van der Waals surface area contributed by atoms with Crippen LogP contribution in [0.3, 0.4) is 0 Å². The number of carbonyl (C=O) groups excluding carboxylic acids is 2. The van der Waals surface area contributed by atoms with Gasteiger partial charge in [-0.1, -0.05) is 6.92 Å². The number of β-lactam (4-membered cyclic amide) rings is 1. The summed E-state index contributed by atoms with van der Waals surface area (Å²) in [5, 5.41) is 30.4. The molecule has 4 rings (SSSR count). The van der Waals surface area contributed by atoms with Crippen molar-refractivity contribution in [3.63, 3.8) is 0 Å². The van der Waals surface area contributed by atoms with E-state index >= 15 is 0 Å². The first-order valence-electron chi connectivity index (χ1n) is 8.57. The van der Waals surface area contributed by atoms with Gasteiger partial charge in [0.1, 0.15) is 12.3 Å². The second-order valence-electron chi connectivity index (χ2n) is 7.03. The van der Waals surface area contributed by atoms with Crippen LogP contribution in [0.1, 0.15) is 19.5 Å². The van der Waals surface area contributed by atoms with Gasteiger partial charge in [0.05, 0.1) is 29.7 Å². The molecule has 2 saturated heterocycles. The first-order valence-corrected chi connectivity index (χ1v) is 9.45. The number of oxazole rings is 1. The molecule has 0 aromatic carbocycles. The van der Waals surface area contributed by atoms with E-state index in [0.29, 0.717) is 24.0 Å². The van der Waals surface area contributed by atoms with Gasteiger partial charge in [0.15, 0.2) is 5.69 Å². The van der Waals surface area contributed by atoms with Gasteiger partial charge in [0.25, 0.3) is 6.01 Å². The second-order valence-corrected chi connectivity index (χ2v) is 8.37. The SMILES string of the molecule is C[C@@H](O)[C@H]1C(=O)N2C(C(=O)[O-])=C(SC3CN(c4nc(C#N)co4)C3)[C@H](C)[C@H]12.[Na+]. The Morgan fingerprint density at radius 1 is 1.54 bits per heavy atom. The number of fused-ring (bicyclic) bond motifs is 1. The molecule has 0 spiro atoms. The van der Waals surface area contributed by atoms with Gasteiger partial charge in [0.2, 0.25) is 5.91 Å². The molecule has 3 aliphatic heterocycles. The van der Waals surface area contributed by atoms with Crippen molar-refractivity contribution < 1.29 is 53.8 Å². The van der Waals surface area contributed by atoms with Gasteiger partial charge in [0, 0.05) is 29.2 Å². The van der Waals surface area contributed by atoms with Crippen LogP contribution in [0.2, 0.25) is 0 Å². The van der Waals surface area contributed by atoms with Crippen LogP contribution < -0.4 is 39.6 Å². The van der Waals surface area contributed by atoms with Gasteiger partial charge >= 0.3 is 29.6 Å². The number of rotatable bonds is 5. The molecule has 142 valence electrons. The van der Waals surface area contributed by atoms with Gasteiger partial charge in [-0.3, -0.25) is 4.79 Å². The van der Waals surface area contributed by atoms with E-state index in [9.17, 15) is 19.8 Å². The molecule has 1 aromatic heterocycles. The molecule has 4 atom stereocenters. The van der Waals surface area contributed by atoms with Crippen molar-refractivity contribution in [1.82, 2.24) is 9.88 Å². The summed E-state index contributed by atoms with van der Waals surface area (Å²) in [6.45, 7) is 4.60. The van der Waals surface area contributed by atoms with Gasteiger partial charge < -0.3 is 29.2 Å². The van der Waals surface area contributed by atoms with Gasteiger partial charge in [-0.2, -0.15) is 10.2 Å². The fourth-order valence-electron chi connectivity index (χ4n) is 3.98. The van der Waals surface area contributed by atoms with Crippen LogP contribution in [0.25, 0.3) is 0 Å². The summed E-state index contributed by atoms with van der Waals surface area (Å²) in [6.07, 6.45) is 0.463. The van der Waals surface area contributed by atoms with E-state index in [1.54, 1.807) is 6.92 Å². The molecule has 4 heterocycles. The predicted octanol–water partition coefficient (Wildman–Crippen LogP) is -3.71. The Morgan fingerprint density at radius 3 is 2.75 bits per heavy atom. The molecule has 0 radical (unpaired) electrons. The minimum atomic E-state index is -1.37. The van der Waals surface area contributed by atoms with Crippen LogP contribution in [-0.4, -0.2) is 57.4 Å². The smallest absolute Gasteiger partial charge is 0.543 e. The zero-order valence-electron chi connectivity index (χ0n) is 15.7. The molecule has 0 aliphatic carbocycles. The van der Waals surface area contributed by atoms with Crippen molar-refractivity contribution in [2.45, 2.75) is 31.2 Å². The Morgan fingerprint density at radius 2 is 2.21 bits per heavy atom. The summed E-state index contributed by atoms with van der Waals surface area (Å²) < 4.78 is 5.24. The van der Waals surface area contributed by atoms with E-state index in [1.165, 1.54) is 22.9 Å². The maximum Gasteiger partial charge on any atom is 1.00 e. The number of amides is 1. The Hall–Kier alpha value is -1.51. The molecule has 1 amide bonds. The maximum atomic E-state index is 12.3. The molecule has 3 aliphatic rings. The van der Waals surface area contributed by atoms with Crippen molar-refractivity contribution in [3.05, 3.63) is 22.6 Å². The van der Waals surface area contributed by atoms with E-state index < -0.39 is 18.0 Å².